The van der Waals surface area contributed by atoms with E-state index in [-0.39, 0.29) is 21.3 Å². The summed E-state index contributed by atoms with van der Waals surface area (Å²) in [7, 11) is -2.56. The van der Waals surface area contributed by atoms with Gasteiger partial charge in [0.1, 0.15) is 0 Å². The van der Waals surface area contributed by atoms with E-state index in [9.17, 15) is 23.3 Å². The van der Waals surface area contributed by atoms with E-state index in [4.69, 9.17) is 0 Å². The summed E-state index contributed by atoms with van der Waals surface area (Å²) in [5, 5.41) is 10.6. The van der Waals surface area contributed by atoms with Gasteiger partial charge in [0.25, 0.3) is 15.7 Å². The minimum Gasteiger partial charge on any atom is -0.315 e. The predicted octanol–water partition coefficient (Wildman–Crippen LogP) is 1.48. The first-order valence-corrected chi connectivity index (χ1v) is 7.92. The van der Waals surface area contributed by atoms with Gasteiger partial charge >= 0.3 is 4.87 Å². The van der Waals surface area contributed by atoms with E-state index in [1.54, 1.807) is 0 Å². The Bertz CT molecular complexity index is 835. The average Bonchev–Trinajstić information content (AvgIpc) is 2.77. The van der Waals surface area contributed by atoms with Crippen LogP contribution in [0, 0.1) is 17.0 Å². The van der Waals surface area contributed by atoms with E-state index in [1.165, 1.54) is 38.2 Å². The van der Waals surface area contributed by atoms with Gasteiger partial charge in [-0.2, -0.15) is 0 Å². The number of thiazole rings is 1. The number of aromatic nitrogens is 1. The maximum atomic E-state index is 12.4. The number of anilines is 1. The fraction of sp³-hybridized carbons (Fsp3) is 0.182. The molecule has 0 bridgehead atoms. The highest BCUT2D eigenvalue weighted by Crippen LogP contribution is 2.26. The number of H-pyrrole nitrogens is 1. The third-order valence-corrected chi connectivity index (χ3v) is 6.17. The van der Waals surface area contributed by atoms with E-state index in [2.05, 4.69) is 4.98 Å². The molecule has 2 aromatic rings. The van der Waals surface area contributed by atoms with Gasteiger partial charge in [-0.1, -0.05) is 11.3 Å². The Kier molecular flexibility index (Phi) is 3.83. The Hall–Kier alpha value is -2.20. The summed E-state index contributed by atoms with van der Waals surface area (Å²) >= 11 is 0.603. The molecule has 2 rings (SSSR count). The minimum atomic E-state index is -3.88. The molecule has 0 fully saturated rings. The van der Waals surface area contributed by atoms with Gasteiger partial charge in [0, 0.05) is 24.9 Å². The van der Waals surface area contributed by atoms with Crippen LogP contribution >= 0.6 is 11.3 Å². The average molecular weight is 329 g/mol. The Morgan fingerprint density at radius 1 is 1.29 bits per heavy atom. The Morgan fingerprint density at radius 3 is 2.29 bits per heavy atom. The van der Waals surface area contributed by atoms with E-state index < -0.39 is 19.8 Å². The molecule has 21 heavy (non-hydrogen) atoms. The third kappa shape index (κ3) is 2.81. The van der Waals surface area contributed by atoms with Gasteiger partial charge in [0.15, 0.2) is 4.21 Å². The Labute approximate surface area is 123 Å². The van der Waals surface area contributed by atoms with Crippen LogP contribution < -0.4 is 9.18 Å². The minimum absolute atomic E-state index is 0.0756. The molecule has 0 saturated carbocycles. The molecule has 0 aliphatic carbocycles. The van der Waals surface area contributed by atoms with Gasteiger partial charge in [0.05, 0.1) is 10.6 Å². The highest BCUT2D eigenvalue weighted by atomic mass is 32.2. The number of nitrogens with one attached hydrogen (secondary N) is 1. The van der Waals surface area contributed by atoms with Gasteiger partial charge < -0.3 is 4.98 Å². The van der Waals surface area contributed by atoms with Crippen molar-refractivity contribution in [1.29, 1.82) is 0 Å². The fourth-order valence-corrected chi connectivity index (χ4v) is 4.33. The lowest BCUT2D eigenvalue weighted by Crippen LogP contribution is -2.26. The van der Waals surface area contributed by atoms with Crippen LogP contribution in [0.2, 0.25) is 0 Å². The Morgan fingerprint density at radius 2 is 1.86 bits per heavy atom. The number of aryl methyl sites for hydroxylation is 1. The fourth-order valence-electron chi connectivity index (χ4n) is 1.68. The summed E-state index contributed by atoms with van der Waals surface area (Å²) in [6.45, 7) is 1.49. The molecule has 0 saturated heterocycles. The highest BCUT2D eigenvalue weighted by Gasteiger charge is 2.26. The summed E-state index contributed by atoms with van der Waals surface area (Å²) in [6, 6.07) is 5.10. The number of hydrogen-bond donors (Lipinski definition) is 1. The third-order valence-electron chi connectivity index (χ3n) is 2.80. The van der Waals surface area contributed by atoms with Gasteiger partial charge in [0.2, 0.25) is 0 Å². The lowest BCUT2D eigenvalue weighted by molar-refractivity contribution is -0.384. The van der Waals surface area contributed by atoms with Gasteiger partial charge in [-0.05, 0) is 19.1 Å². The van der Waals surface area contributed by atoms with E-state index >= 15 is 0 Å². The zero-order valence-electron chi connectivity index (χ0n) is 11.1. The van der Waals surface area contributed by atoms with Crippen LogP contribution in [0.5, 0.6) is 0 Å². The molecule has 1 aromatic heterocycles. The number of sulfonamides is 1. The quantitative estimate of drug-likeness (QED) is 0.674. The van der Waals surface area contributed by atoms with E-state index in [0.717, 1.165) is 4.31 Å². The first-order chi connectivity index (χ1) is 9.73. The molecule has 1 aromatic carbocycles. The van der Waals surface area contributed by atoms with Crippen molar-refractivity contribution in [2.45, 2.75) is 11.1 Å². The SMILES string of the molecule is Cc1[nH]c(=O)sc1S(=O)(=O)N(C)c1ccc([N+](=O)[O-])cc1. The molecule has 112 valence electrons. The van der Waals surface area contributed by atoms with Gasteiger partial charge in [-0.3, -0.25) is 19.2 Å². The molecule has 1 N–H and O–H groups in total. The van der Waals surface area contributed by atoms with Crippen molar-refractivity contribution >= 4 is 32.7 Å². The van der Waals surface area contributed by atoms with Crippen molar-refractivity contribution in [1.82, 2.24) is 4.98 Å². The number of rotatable bonds is 4. The van der Waals surface area contributed by atoms with Crippen molar-refractivity contribution in [3.05, 3.63) is 49.7 Å². The van der Waals surface area contributed by atoms with Gasteiger partial charge in [-0.15, -0.1) is 0 Å². The number of benzene rings is 1. The van der Waals surface area contributed by atoms with Crippen LogP contribution in [0.3, 0.4) is 0 Å². The van der Waals surface area contributed by atoms with Crippen LogP contribution in [0.4, 0.5) is 11.4 Å². The molecule has 0 amide bonds. The standard InChI is InChI=1S/C11H11N3O5S2/c1-7-10(20-11(15)12-7)21(18,19)13(2)8-3-5-9(6-4-8)14(16)17/h3-6H,1-2H3,(H,12,15). The number of hydrogen-bond acceptors (Lipinski definition) is 6. The summed E-state index contributed by atoms with van der Waals surface area (Å²) in [5.74, 6) is 0. The number of nitrogens with zero attached hydrogens (tertiary/aromatic N) is 2. The number of nitro benzene ring substituents is 1. The Balaban J connectivity index is 2.43. The second-order valence-corrected chi connectivity index (χ2v) is 7.32. The molecule has 0 aliphatic rings. The molecule has 0 radical (unpaired) electrons. The molecule has 0 unspecified atom stereocenters. The first-order valence-electron chi connectivity index (χ1n) is 5.66. The molecule has 1 heterocycles. The lowest BCUT2D eigenvalue weighted by Gasteiger charge is -2.18. The van der Waals surface area contributed by atoms with Crippen molar-refractivity contribution in [3.8, 4) is 0 Å². The number of aromatic amines is 1. The van der Waals surface area contributed by atoms with Crippen LogP contribution in [0.25, 0.3) is 0 Å². The van der Waals surface area contributed by atoms with Crippen LogP contribution in [-0.4, -0.2) is 25.4 Å². The zero-order chi connectivity index (χ0) is 15.8. The molecular weight excluding hydrogens is 318 g/mol. The molecule has 0 atom stereocenters. The van der Waals surface area contributed by atoms with Crippen molar-refractivity contribution in [2.24, 2.45) is 0 Å². The van der Waals surface area contributed by atoms with Gasteiger partial charge in [-0.25, -0.2) is 8.42 Å². The topological polar surface area (TPSA) is 113 Å². The number of non-ortho nitro benzene ring substituents is 1. The van der Waals surface area contributed by atoms with E-state index in [0.29, 0.717) is 11.3 Å². The second kappa shape index (κ2) is 5.30. The van der Waals surface area contributed by atoms with Crippen LogP contribution in [0.15, 0.2) is 33.3 Å². The summed E-state index contributed by atoms with van der Waals surface area (Å²) < 4.78 is 25.8. The van der Waals surface area contributed by atoms with Crippen molar-refractivity contribution < 1.29 is 13.3 Å². The first kappa shape index (κ1) is 15.2. The smallest absolute Gasteiger partial charge is 0.306 e. The molecule has 10 heteroatoms. The monoisotopic (exact) mass is 329 g/mol. The zero-order valence-corrected chi connectivity index (χ0v) is 12.7. The normalized spacial score (nSPS) is 11.3. The maximum absolute atomic E-state index is 12.4. The molecule has 0 spiro atoms. The summed E-state index contributed by atoms with van der Waals surface area (Å²) in [4.78, 5) is 23.2. The van der Waals surface area contributed by atoms with Crippen LogP contribution in [0.1, 0.15) is 5.69 Å². The maximum Gasteiger partial charge on any atom is 0.306 e. The number of nitro groups is 1. The summed E-state index contributed by atoms with van der Waals surface area (Å²) in [5.41, 5.74) is 0.395. The van der Waals surface area contributed by atoms with Crippen molar-refractivity contribution in [3.63, 3.8) is 0 Å². The molecule has 0 aliphatic heterocycles. The van der Waals surface area contributed by atoms with E-state index in [1.807, 2.05) is 0 Å². The second-order valence-electron chi connectivity index (χ2n) is 4.17. The summed E-state index contributed by atoms with van der Waals surface area (Å²) in [6.07, 6.45) is 0. The molecule has 8 nitrogen and oxygen atoms in total. The molecular formula is C11H11N3O5S2. The lowest BCUT2D eigenvalue weighted by atomic mass is 10.3. The highest BCUT2D eigenvalue weighted by molar-refractivity contribution is 7.94. The predicted molar refractivity (Wildman–Crippen MR) is 78.4 cm³/mol. The van der Waals surface area contributed by atoms with Crippen molar-refractivity contribution in [2.75, 3.05) is 11.4 Å². The van der Waals surface area contributed by atoms with Crippen LogP contribution in [-0.2, 0) is 10.0 Å². The largest absolute Gasteiger partial charge is 0.315 e.